The molecule has 0 spiro atoms. The van der Waals surface area contributed by atoms with Crippen molar-refractivity contribution < 1.29 is 0 Å². The zero-order chi connectivity index (χ0) is 13.2. The molecule has 0 saturated heterocycles. The Balaban J connectivity index is 1.78. The van der Waals surface area contributed by atoms with Crippen molar-refractivity contribution in [2.75, 3.05) is 5.32 Å². The second kappa shape index (κ2) is 5.01. The zero-order valence-electron chi connectivity index (χ0n) is 11.1. The Bertz CT molecular complexity index is 698. The van der Waals surface area contributed by atoms with Crippen LogP contribution < -0.4 is 5.32 Å². The number of nitrogens with zero attached hydrogens (tertiary/aromatic N) is 3. The van der Waals surface area contributed by atoms with E-state index in [-0.39, 0.29) is 0 Å². The number of rotatable bonds is 4. The molecule has 98 valence electrons. The van der Waals surface area contributed by atoms with Crippen LogP contribution in [0.25, 0.3) is 10.2 Å². The van der Waals surface area contributed by atoms with Gasteiger partial charge in [-0.25, -0.2) is 9.97 Å². The summed E-state index contributed by atoms with van der Waals surface area (Å²) in [7, 11) is 0. The normalized spacial score (nSPS) is 11.1. The molecule has 0 fully saturated rings. The summed E-state index contributed by atoms with van der Waals surface area (Å²) >= 11 is 1.73. The van der Waals surface area contributed by atoms with Gasteiger partial charge in [-0.3, -0.25) is 0 Å². The number of aromatic nitrogens is 3. The Kier molecular flexibility index (Phi) is 3.21. The molecule has 0 atom stereocenters. The van der Waals surface area contributed by atoms with Crippen molar-refractivity contribution in [2.24, 2.45) is 0 Å². The van der Waals surface area contributed by atoms with Gasteiger partial charge < -0.3 is 9.88 Å². The number of aryl methyl sites for hydroxylation is 2. The molecular weight excluding hydrogens is 256 g/mol. The van der Waals surface area contributed by atoms with Gasteiger partial charge in [0.2, 0.25) is 0 Å². The second-order valence-electron chi connectivity index (χ2n) is 4.40. The summed E-state index contributed by atoms with van der Waals surface area (Å²) in [5.41, 5.74) is 2.19. The molecule has 0 aliphatic heterocycles. The minimum Gasteiger partial charge on any atom is -0.378 e. The van der Waals surface area contributed by atoms with E-state index in [1.807, 2.05) is 19.3 Å². The van der Waals surface area contributed by atoms with Crippen molar-refractivity contribution in [1.82, 2.24) is 14.5 Å². The Morgan fingerprint density at radius 3 is 3.11 bits per heavy atom. The van der Waals surface area contributed by atoms with Gasteiger partial charge in [0.25, 0.3) is 0 Å². The highest BCUT2D eigenvalue weighted by Crippen LogP contribution is 2.24. The summed E-state index contributed by atoms with van der Waals surface area (Å²) in [6.45, 7) is 5.85. The van der Waals surface area contributed by atoms with Crippen molar-refractivity contribution in [1.29, 1.82) is 0 Å². The molecule has 0 bridgehead atoms. The third kappa shape index (κ3) is 2.46. The number of hydrogen-bond donors (Lipinski definition) is 1. The van der Waals surface area contributed by atoms with E-state index in [1.165, 1.54) is 4.70 Å². The molecule has 0 aliphatic rings. The molecule has 0 aliphatic carbocycles. The fraction of sp³-hybridized carbons (Fsp3) is 0.286. The number of benzene rings is 1. The zero-order valence-corrected chi connectivity index (χ0v) is 11.9. The summed E-state index contributed by atoms with van der Waals surface area (Å²) in [5, 5.41) is 4.52. The Morgan fingerprint density at radius 2 is 2.26 bits per heavy atom. The molecule has 1 aromatic carbocycles. The SMILES string of the molecule is CCn1ccnc1CNc1ccc2nc(C)sc2c1. The minimum atomic E-state index is 0.740. The van der Waals surface area contributed by atoms with Gasteiger partial charge in [0, 0.05) is 24.6 Å². The molecule has 3 aromatic rings. The lowest BCUT2D eigenvalue weighted by Crippen LogP contribution is -2.07. The number of fused-ring (bicyclic) bond motifs is 1. The van der Waals surface area contributed by atoms with Gasteiger partial charge in [0.1, 0.15) is 5.82 Å². The molecule has 0 amide bonds. The van der Waals surface area contributed by atoms with Crippen LogP contribution in [-0.4, -0.2) is 14.5 Å². The van der Waals surface area contributed by atoms with Gasteiger partial charge in [-0.05, 0) is 32.0 Å². The van der Waals surface area contributed by atoms with Crippen molar-refractivity contribution in [3.8, 4) is 0 Å². The molecule has 0 unspecified atom stereocenters. The average molecular weight is 272 g/mol. The van der Waals surface area contributed by atoms with E-state index >= 15 is 0 Å². The van der Waals surface area contributed by atoms with Crippen molar-refractivity contribution in [2.45, 2.75) is 26.9 Å². The van der Waals surface area contributed by atoms with Gasteiger partial charge in [-0.15, -0.1) is 11.3 Å². The first-order valence-corrected chi connectivity index (χ1v) is 7.19. The first-order chi connectivity index (χ1) is 9.26. The summed E-state index contributed by atoms with van der Waals surface area (Å²) in [5.74, 6) is 1.06. The summed E-state index contributed by atoms with van der Waals surface area (Å²) < 4.78 is 3.36. The maximum Gasteiger partial charge on any atom is 0.128 e. The van der Waals surface area contributed by atoms with Crippen LogP contribution in [0.3, 0.4) is 0 Å². The topological polar surface area (TPSA) is 42.7 Å². The van der Waals surface area contributed by atoms with Gasteiger partial charge in [0.15, 0.2) is 0 Å². The second-order valence-corrected chi connectivity index (χ2v) is 5.63. The smallest absolute Gasteiger partial charge is 0.128 e. The van der Waals surface area contributed by atoms with E-state index in [0.717, 1.165) is 35.1 Å². The largest absolute Gasteiger partial charge is 0.378 e. The first-order valence-electron chi connectivity index (χ1n) is 6.37. The van der Waals surface area contributed by atoms with E-state index in [1.54, 1.807) is 11.3 Å². The highest BCUT2D eigenvalue weighted by atomic mass is 32.1. The van der Waals surface area contributed by atoms with Crippen LogP contribution in [0.15, 0.2) is 30.6 Å². The molecule has 2 heterocycles. The van der Waals surface area contributed by atoms with Crippen molar-refractivity contribution in [3.63, 3.8) is 0 Å². The van der Waals surface area contributed by atoms with Crippen molar-refractivity contribution >= 4 is 27.2 Å². The molecule has 2 aromatic heterocycles. The monoisotopic (exact) mass is 272 g/mol. The van der Waals surface area contributed by atoms with Crippen LogP contribution in [0.1, 0.15) is 17.8 Å². The minimum absolute atomic E-state index is 0.740. The summed E-state index contributed by atoms with van der Waals surface area (Å²) in [6.07, 6.45) is 3.85. The Hall–Kier alpha value is -1.88. The standard InChI is InChI=1S/C14H16N4S/c1-3-18-7-6-15-14(18)9-16-11-4-5-12-13(8-11)19-10(2)17-12/h4-8,16H,3,9H2,1-2H3. The first kappa shape index (κ1) is 12.2. The number of anilines is 1. The van der Waals surface area contributed by atoms with Gasteiger partial charge in [-0.2, -0.15) is 0 Å². The quantitative estimate of drug-likeness (QED) is 0.791. The number of hydrogen-bond acceptors (Lipinski definition) is 4. The van der Waals surface area contributed by atoms with E-state index in [2.05, 4.69) is 45.0 Å². The molecular formula is C14H16N4S. The maximum absolute atomic E-state index is 4.47. The van der Waals surface area contributed by atoms with E-state index in [9.17, 15) is 0 Å². The van der Waals surface area contributed by atoms with E-state index < -0.39 is 0 Å². The molecule has 1 N–H and O–H groups in total. The molecule has 19 heavy (non-hydrogen) atoms. The fourth-order valence-electron chi connectivity index (χ4n) is 2.13. The lowest BCUT2D eigenvalue weighted by atomic mass is 10.3. The van der Waals surface area contributed by atoms with Gasteiger partial charge in [-0.1, -0.05) is 0 Å². The van der Waals surface area contributed by atoms with Crippen LogP contribution in [0.2, 0.25) is 0 Å². The molecule has 0 radical (unpaired) electrons. The van der Waals surface area contributed by atoms with Gasteiger partial charge in [0.05, 0.1) is 21.8 Å². The van der Waals surface area contributed by atoms with Crippen LogP contribution in [-0.2, 0) is 13.1 Å². The predicted molar refractivity (Wildman–Crippen MR) is 79.6 cm³/mol. The third-order valence-corrected chi connectivity index (χ3v) is 4.02. The summed E-state index contributed by atoms with van der Waals surface area (Å²) in [4.78, 5) is 8.83. The van der Waals surface area contributed by atoms with Crippen molar-refractivity contribution in [3.05, 3.63) is 41.4 Å². The molecule has 5 heteroatoms. The van der Waals surface area contributed by atoms with Crippen LogP contribution >= 0.6 is 11.3 Å². The third-order valence-electron chi connectivity index (χ3n) is 3.09. The maximum atomic E-state index is 4.47. The summed E-state index contributed by atoms with van der Waals surface area (Å²) in [6, 6.07) is 6.29. The lowest BCUT2D eigenvalue weighted by Gasteiger charge is -2.07. The highest BCUT2D eigenvalue weighted by molar-refractivity contribution is 7.18. The molecule has 3 rings (SSSR count). The number of imidazole rings is 1. The lowest BCUT2D eigenvalue weighted by molar-refractivity contribution is 0.708. The average Bonchev–Trinajstić information content (AvgIpc) is 3.00. The molecule has 0 saturated carbocycles. The molecule has 4 nitrogen and oxygen atoms in total. The Labute approximate surface area is 116 Å². The number of nitrogens with one attached hydrogen (secondary N) is 1. The fourth-order valence-corrected chi connectivity index (χ4v) is 2.99. The Morgan fingerprint density at radius 1 is 1.37 bits per heavy atom. The van der Waals surface area contributed by atoms with E-state index in [4.69, 9.17) is 0 Å². The van der Waals surface area contributed by atoms with Crippen LogP contribution in [0.4, 0.5) is 5.69 Å². The predicted octanol–water partition coefficient (Wildman–Crippen LogP) is 3.43. The van der Waals surface area contributed by atoms with Crippen LogP contribution in [0.5, 0.6) is 0 Å². The van der Waals surface area contributed by atoms with Gasteiger partial charge >= 0.3 is 0 Å². The van der Waals surface area contributed by atoms with E-state index in [0.29, 0.717) is 0 Å². The van der Waals surface area contributed by atoms with Crippen LogP contribution in [0, 0.1) is 6.92 Å². The number of thiazole rings is 1. The highest BCUT2D eigenvalue weighted by Gasteiger charge is 2.03.